The first-order valence-corrected chi connectivity index (χ1v) is 9.89. The van der Waals surface area contributed by atoms with Crippen molar-refractivity contribution in [1.29, 1.82) is 0 Å². The maximum absolute atomic E-state index is 12.9. The maximum atomic E-state index is 12.9. The number of rotatable bonds is 5. The topological polar surface area (TPSA) is 77.0 Å². The average molecular weight is 391 g/mol. The second kappa shape index (κ2) is 8.05. The summed E-state index contributed by atoms with van der Waals surface area (Å²) in [5.41, 5.74) is 7.53. The number of amides is 2. The highest BCUT2D eigenvalue weighted by Gasteiger charge is 2.41. The lowest BCUT2D eigenvalue weighted by molar-refractivity contribution is -0.139. The van der Waals surface area contributed by atoms with Crippen molar-refractivity contribution in [1.82, 2.24) is 15.4 Å². The molecule has 7 heteroatoms. The van der Waals surface area contributed by atoms with Crippen LogP contribution in [0.4, 0.5) is 5.69 Å². The Morgan fingerprint density at radius 3 is 2.76 bits per heavy atom. The molecule has 2 aliphatic heterocycles. The summed E-state index contributed by atoms with van der Waals surface area (Å²) in [5.74, 6) is -0.445. The quantitative estimate of drug-likeness (QED) is 0.821. The van der Waals surface area contributed by atoms with Gasteiger partial charge in [-0.1, -0.05) is 43.3 Å². The van der Waals surface area contributed by atoms with E-state index in [-0.39, 0.29) is 30.4 Å². The van der Waals surface area contributed by atoms with Gasteiger partial charge in [-0.25, -0.2) is 10.4 Å². The number of nitrogens with one attached hydrogen (secondary N) is 2. The average Bonchev–Trinajstić information content (AvgIpc) is 3.15. The third kappa shape index (κ3) is 4.14. The zero-order valence-electron chi connectivity index (χ0n) is 16.6. The number of carbonyl (C=O) groups is 2. The molecule has 4 rings (SSSR count). The number of hydrogen-bond donors (Lipinski definition) is 2. The number of aryl methyl sites for hydroxylation is 2. The van der Waals surface area contributed by atoms with Crippen molar-refractivity contribution >= 4 is 23.8 Å². The highest BCUT2D eigenvalue weighted by Crippen LogP contribution is 2.29. The predicted octanol–water partition coefficient (Wildman–Crippen LogP) is 2.60. The molecule has 1 saturated heterocycles. The standard InChI is InChI=1S/C22H25N5O2/c1-3-16-7-9-17(10-8-16)19-12-20-22(29)26(23-14-27(20)25-19)13-21(28)24-18-6-4-5-15(2)11-18/h4-11,14,19-20,25H,3,12-13H2,1-2H3,(H,24,28). The normalized spacial score (nSPS) is 20.7. The lowest BCUT2D eigenvalue weighted by atomic mass is 9.99. The highest BCUT2D eigenvalue weighted by atomic mass is 16.2. The molecule has 2 N–H and O–H groups in total. The van der Waals surface area contributed by atoms with E-state index in [4.69, 9.17) is 0 Å². The van der Waals surface area contributed by atoms with Crippen molar-refractivity contribution in [2.75, 3.05) is 11.9 Å². The van der Waals surface area contributed by atoms with Gasteiger partial charge in [-0.05, 0) is 48.6 Å². The zero-order chi connectivity index (χ0) is 20.4. The highest BCUT2D eigenvalue weighted by molar-refractivity contribution is 5.96. The van der Waals surface area contributed by atoms with Gasteiger partial charge in [-0.2, -0.15) is 5.10 Å². The van der Waals surface area contributed by atoms with E-state index in [1.807, 2.05) is 31.2 Å². The third-order valence-electron chi connectivity index (χ3n) is 5.34. The second-order valence-electron chi connectivity index (χ2n) is 7.48. The molecule has 2 aromatic rings. The Kier molecular flexibility index (Phi) is 5.31. The Morgan fingerprint density at radius 2 is 2.03 bits per heavy atom. The first-order chi connectivity index (χ1) is 14.0. The number of hydrazine groups is 1. The Balaban J connectivity index is 1.39. The lowest BCUT2D eigenvalue weighted by Gasteiger charge is -2.29. The maximum Gasteiger partial charge on any atom is 0.267 e. The van der Waals surface area contributed by atoms with Crippen LogP contribution < -0.4 is 10.7 Å². The summed E-state index contributed by atoms with van der Waals surface area (Å²) in [6.07, 6.45) is 3.22. The van der Waals surface area contributed by atoms with E-state index in [0.717, 1.165) is 17.5 Å². The van der Waals surface area contributed by atoms with Crippen LogP contribution >= 0.6 is 0 Å². The Hall–Kier alpha value is -3.19. The Labute approximate surface area is 170 Å². The van der Waals surface area contributed by atoms with Gasteiger partial charge in [0.25, 0.3) is 5.91 Å². The summed E-state index contributed by atoms with van der Waals surface area (Å²) in [5, 5.41) is 9.98. The molecule has 150 valence electrons. The van der Waals surface area contributed by atoms with Crippen LogP contribution in [0.2, 0.25) is 0 Å². The zero-order valence-corrected chi connectivity index (χ0v) is 16.6. The van der Waals surface area contributed by atoms with E-state index in [0.29, 0.717) is 12.1 Å². The van der Waals surface area contributed by atoms with E-state index in [1.165, 1.54) is 10.6 Å². The summed E-state index contributed by atoms with van der Waals surface area (Å²) >= 11 is 0. The number of hydrazone groups is 1. The van der Waals surface area contributed by atoms with Gasteiger partial charge in [-0.3, -0.25) is 14.6 Å². The van der Waals surface area contributed by atoms with Gasteiger partial charge < -0.3 is 5.32 Å². The summed E-state index contributed by atoms with van der Waals surface area (Å²) in [6.45, 7) is 3.98. The predicted molar refractivity (Wildman–Crippen MR) is 112 cm³/mol. The smallest absolute Gasteiger partial charge is 0.267 e. The molecule has 2 unspecified atom stereocenters. The second-order valence-corrected chi connectivity index (χ2v) is 7.48. The van der Waals surface area contributed by atoms with Crippen molar-refractivity contribution in [2.45, 2.75) is 38.8 Å². The summed E-state index contributed by atoms with van der Waals surface area (Å²) < 4.78 is 0. The molecule has 2 atom stereocenters. The van der Waals surface area contributed by atoms with E-state index in [2.05, 4.69) is 47.0 Å². The van der Waals surface area contributed by atoms with Gasteiger partial charge in [0.05, 0.1) is 6.04 Å². The molecule has 0 radical (unpaired) electrons. The number of nitrogens with zero attached hydrogens (tertiary/aromatic N) is 3. The summed E-state index contributed by atoms with van der Waals surface area (Å²) in [6, 6.07) is 15.7. The monoisotopic (exact) mass is 391 g/mol. The number of carbonyl (C=O) groups excluding carboxylic acids is 2. The molecule has 0 aliphatic carbocycles. The van der Waals surface area contributed by atoms with Crippen LogP contribution in [0.3, 0.4) is 0 Å². The minimum absolute atomic E-state index is 0.0439. The van der Waals surface area contributed by atoms with E-state index in [1.54, 1.807) is 11.3 Å². The third-order valence-corrected chi connectivity index (χ3v) is 5.34. The molecular formula is C22H25N5O2. The van der Waals surface area contributed by atoms with Crippen molar-refractivity contribution in [3.05, 3.63) is 65.2 Å². The number of benzene rings is 2. The van der Waals surface area contributed by atoms with Crippen LogP contribution in [0.5, 0.6) is 0 Å². The molecule has 0 bridgehead atoms. The van der Waals surface area contributed by atoms with E-state index >= 15 is 0 Å². The minimum Gasteiger partial charge on any atom is -0.324 e. The first kappa shape index (κ1) is 19.1. The number of fused-ring (bicyclic) bond motifs is 1. The van der Waals surface area contributed by atoms with Gasteiger partial charge in [0.1, 0.15) is 18.9 Å². The molecule has 1 fully saturated rings. The van der Waals surface area contributed by atoms with Gasteiger partial charge in [-0.15, -0.1) is 0 Å². The van der Waals surface area contributed by atoms with Gasteiger partial charge in [0.2, 0.25) is 5.91 Å². The molecular weight excluding hydrogens is 366 g/mol. The van der Waals surface area contributed by atoms with Crippen LogP contribution in [0.25, 0.3) is 0 Å². The fourth-order valence-electron chi connectivity index (χ4n) is 3.71. The molecule has 2 heterocycles. The molecule has 0 aromatic heterocycles. The molecule has 2 amide bonds. The molecule has 0 spiro atoms. The largest absolute Gasteiger partial charge is 0.324 e. The lowest BCUT2D eigenvalue weighted by Crippen LogP contribution is -2.52. The molecule has 2 aliphatic rings. The first-order valence-electron chi connectivity index (χ1n) is 9.89. The van der Waals surface area contributed by atoms with E-state index in [9.17, 15) is 9.59 Å². The summed E-state index contributed by atoms with van der Waals surface area (Å²) in [7, 11) is 0. The van der Waals surface area contributed by atoms with Gasteiger partial charge in [0, 0.05) is 5.69 Å². The van der Waals surface area contributed by atoms with Crippen LogP contribution in [-0.2, 0) is 16.0 Å². The summed E-state index contributed by atoms with van der Waals surface area (Å²) in [4.78, 5) is 25.2. The van der Waals surface area contributed by atoms with Crippen LogP contribution in [0.1, 0.15) is 36.1 Å². The van der Waals surface area contributed by atoms with Crippen molar-refractivity contribution in [2.24, 2.45) is 5.10 Å². The van der Waals surface area contributed by atoms with Gasteiger partial charge >= 0.3 is 0 Å². The molecule has 2 aromatic carbocycles. The van der Waals surface area contributed by atoms with Crippen molar-refractivity contribution < 1.29 is 9.59 Å². The van der Waals surface area contributed by atoms with Crippen LogP contribution in [0, 0.1) is 6.92 Å². The fourth-order valence-corrected chi connectivity index (χ4v) is 3.71. The van der Waals surface area contributed by atoms with E-state index < -0.39 is 0 Å². The molecule has 29 heavy (non-hydrogen) atoms. The number of hydrogen-bond acceptors (Lipinski definition) is 5. The van der Waals surface area contributed by atoms with Gasteiger partial charge in [0.15, 0.2) is 0 Å². The van der Waals surface area contributed by atoms with Crippen molar-refractivity contribution in [3.8, 4) is 0 Å². The van der Waals surface area contributed by atoms with Crippen molar-refractivity contribution in [3.63, 3.8) is 0 Å². The minimum atomic E-state index is -0.366. The number of anilines is 1. The van der Waals surface area contributed by atoms with Crippen LogP contribution in [-0.4, -0.2) is 40.8 Å². The molecule has 7 nitrogen and oxygen atoms in total. The Morgan fingerprint density at radius 1 is 1.24 bits per heavy atom. The van der Waals surface area contributed by atoms with Crippen LogP contribution in [0.15, 0.2) is 53.6 Å². The SMILES string of the molecule is CCc1ccc(C2CC3C(=O)N(CC(=O)Nc4cccc(C)c4)N=CN3N2)cc1. The fraction of sp³-hybridized carbons (Fsp3) is 0.318. The Bertz CT molecular complexity index is 940. The molecule has 0 saturated carbocycles.